The van der Waals surface area contributed by atoms with Gasteiger partial charge in [-0.25, -0.2) is 0 Å². The molecule has 2 aromatic rings. The molecule has 0 atom stereocenters. The highest BCUT2D eigenvalue weighted by molar-refractivity contribution is 5.92. The van der Waals surface area contributed by atoms with Gasteiger partial charge < -0.3 is 9.64 Å². The molecule has 0 unspecified atom stereocenters. The lowest BCUT2D eigenvalue weighted by molar-refractivity contribution is -0.115. The van der Waals surface area contributed by atoms with Crippen LogP contribution in [-0.2, 0) is 10.2 Å². The number of nitrogens with zero attached hydrogens (tertiary/aromatic N) is 1. The third-order valence-electron chi connectivity index (χ3n) is 4.84. The van der Waals surface area contributed by atoms with Crippen LogP contribution in [0.15, 0.2) is 60.3 Å². The first-order valence-corrected chi connectivity index (χ1v) is 8.67. The van der Waals surface area contributed by atoms with Crippen LogP contribution in [0.4, 0.5) is 5.69 Å². The minimum Gasteiger partial charge on any atom is -0.493 e. The first kappa shape index (κ1) is 17.3. The summed E-state index contributed by atoms with van der Waals surface area (Å²) in [6, 6.07) is 16.2. The highest BCUT2D eigenvalue weighted by Crippen LogP contribution is 2.46. The molecule has 0 saturated carbocycles. The number of aryl methyl sites for hydroxylation is 1. The number of allylic oxidation sites excluding steroid dienone is 2. The number of anilines is 1. The van der Waals surface area contributed by atoms with Crippen molar-refractivity contribution in [2.75, 3.05) is 18.6 Å². The molecule has 0 saturated heterocycles. The average molecular weight is 335 g/mol. The normalized spacial score (nSPS) is 16.8. The van der Waals surface area contributed by atoms with Gasteiger partial charge in [-0.2, -0.15) is 0 Å². The number of benzene rings is 2. The molecule has 25 heavy (non-hydrogen) atoms. The lowest BCUT2D eigenvalue weighted by Gasteiger charge is -2.24. The van der Waals surface area contributed by atoms with Crippen LogP contribution in [0.25, 0.3) is 0 Å². The van der Waals surface area contributed by atoms with Crippen LogP contribution in [-0.4, -0.2) is 19.4 Å². The summed E-state index contributed by atoms with van der Waals surface area (Å²) in [6.45, 7) is 6.75. The maximum absolute atomic E-state index is 12.5. The Morgan fingerprint density at radius 2 is 1.92 bits per heavy atom. The zero-order valence-electron chi connectivity index (χ0n) is 15.4. The van der Waals surface area contributed by atoms with Gasteiger partial charge in [0, 0.05) is 36.3 Å². The van der Waals surface area contributed by atoms with Crippen molar-refractivity contribution in [3.8, 4) is 5.75 Å². The van der Waals surface area contributed by atoms with E-state index in [9.17, 15) is 4.79 Å². The van der Waals surface area contributed by atoms with Crippen molar-refractivity contribution >= 4 is 11.5 Å². The smallest absolute Gasteiger partial charge is 0.160 e. The summed E-state index contributed by atoms with van der Waals surface area (Å²) in [5.74, 6) is 0.904. The lowest BCUT2D eigenvalue weighted by atomic mass is 9.83. The maximum atomic E-state index is 12.5. The molecular formula is C22H25NO2. The molecule has 1 aliphatic heterocycles. The maximum Gasteiger partial charge on any atom is 0.160 e. The number of ketones is 1. The third kappa shape index (κ3) is 3.46. The third-order valence-corrected chi connectivity index (χ3v) is 4.84. The van der Waals surface area contributed by atoms with Gasteiger partial charge in [0.2, 0.25) is 0 Å². The number of hydrogen-bond donors (Lipinski definition) is 0. The van der Waals surface area contributed by atoms with E-state index in [0.29, 0.717) is 13.0 Å². The Balaban J connectivity index is 1.67. The number of ether oxygens (including phenoxy) is 1. The molecule has 0 fully saturated rings. The molecule has 130 valence electrons. The van der Waals surface area contributed by atoms with E-state index in [0.717, 1.165) is 17.0 Å². The minimum absolute atomic E-state index is 0.0929. The van der Waals surface area contributed by atoms with E-state index in [-0.39, 0.29) is 11.2 Å². The predicted octanol–water partition coefficient (Wildman–Crippen LogP) is 4.64. The molecule has 3 nitrogen and oxygen atoms in total. The van der Waals surface area contributed by atoms with Gasteiger partial charge in [0.25, 0.3) is 0 Å². The predicted molar refractivity (Wildman–Crippen MR) is 102 cm³/mol. The van der Waals surface area contributed by atoms with E-state index < -0.39 is 0 Å². The summed E-state index contributed by atoms with van der Waals surface area (Å²) in [5.41, 5.74) is 4.45. The van der Waals surface area contributed by atoms with Crippen LogP contribution >= 0.6 is 0 Å². The van der Waals surface area contributed by atoms with Gasteiger partial charge in [0.05, 0.1) is 6.61 Å². The van der Waals surface area contributed by atoms with E-state index in [1.807, 2.05) is 44.3 Å². The Labute approximate surface area is 149 Å². The summed E-state index contributed by atoms with van der Waals surface area (Å²) in [7, 11) is 2.02. The standard InChI is InChI=1S/C22H25NO2/c1-16-8-7-9-18(14-16)25-13-12-17(24)15-21-22(2,3)19-10-5-6-11-20(19)23(21)4/h5-11,14-15H,12-13H2,1-4H3/b21-15-. The van der Waals surface area contributed by atoms with Gasteiger partial charge in [-0.05, 0) is 36.2 Å². The molecule has 1 aliphatic rings. The summed E-state index contributed by atoms with van der Waals surface area (Å²) in [6.07, 6.45) is 2.15. The monoisotopic (exact) mass is 335 g/mol. The first-order valence-electron chi connectivity index (χ1n) is 8.67. The van der Waals surface area contributed by atoms with E-state index >= 15 is 0 Å². The Morgan fingerprint density at radius 3 is 2.64 bits per heavy atom. The van der Waals surface area contributed by atoms with E-state index in [2.05, 4.69) is 36.9 Å². The Bertz CT molecular complexity index is 820. The van der Waals surface area contributed by atoms with Crippen molar-refractivity contribution in [2.45, 2.75) is 32.6 Å². The molecule has 3 rings (SSSR count). The highest BCUT2D eigenvalue weighted by atomic mass is 16.5. The molecule has 2 aromatic carbocycles. The van der Waals surface area contributed by atoms with Crippen LogP contribution < -0.4 is 9.64 Å². The summed E-state index contributed by atoms with van der Waals surface area (Å²) in [5, 5.41) is 0. The molecule has 0 amide bonds. The van der Waals surface area contributed by atoms with Gasteiger partial charge in [-0.3, -0.25) is 4.79 Å². The average Bonchev–Trinajstić information content (AvgIpc) is 2.76. The number of carbonyl (C=O) groups is 1. The van der Waals surface area contributed by atoms with Crippen LogP contribution in [0.1, 0.15) is 31.4 Å². The van der Waals surface area contributed by atoms with Gasteiger partial charge >= 0.3 is 0 Å². The fourth-order valence-electron chi connectivity index (χ4n) is 3.46. The number of rotatable bonds is 5. The van der Waals surface area contributed by atoms with E-state index in [4.69, 9.17) is 4.74 Å². The molecule has 3 heteroatoms. The number of likely N-dealkylation sites (N-methyl/N-ethyl adjacent to an activating group) is 1. The van der Waals surface area contributed by atoms with Gasteiger partial charge in [-0.15, -0.1) is 0 Å². The van der Waals surface area contributed by atoms with E-state index in [1.54, 1.807) is 6.08 Å². The highest BCUT2D eigenvalue weighted by Gasteiger charge is 2.38. The second-order valence-electron chi connectivity index (χ2n) is 7.11. The zero-order chi connectivity index (χ0) is 18.0. The van der Waals surface area contributed by atoms with Crippen molar-refractivity contribution < 1.29 is 9.53 Å². The number of carbonyl (C=O) groups excluding carboxylic acids is 1. The van der Waals surface area contributed by atoms with Gasteiger partial charge in [-0.1, -0.05) is 44.2 Å². The summed E-state index contributed by atoms with van der Waals surface area (Å²) < 4.78 is 5.70. The Hall–Kier alpha value is -2.55. The van der Waals surface area contributed by atoms with Crippen molar-refractivity contribution in [2.24, 2.45) is 0 Å². The second-order valence-corrected chi connectivity index (χ2v) is 7.11. The summed E-state index contributed by atoms with van der Waals surface area (Å²) >= 11 is 0. The first-order chi connectivity index (χ1) is 11.9. The number of fused-ring (bicyclic) bond motifs is 1. The Kier molecular flexibility index (Phi) is 4.67. The minimum atomic E-state index is -0.168. The van der Waals surface area contributed by atoms with Crippen LogP contribution in [0, 0.1) is 6.92 Å². The molecule has 0 bridgehead atoms. The van der Waals surface area contributed by atoms with Gasteiger partial charge in [0.1, 0.15) is 5.75 Å². The van der Waals surface area contributed by atoms with E-state index in [1.165, 1.54) is 11.3 Å². The lowest BCUT2D eigenvalue weighted by Crippen LogP contribution is -2.24. The molecule has 0 radical (unpaired) electrons. The number of hydrogen-bond acceptors (Lipinski definition) is 3. The molecule has 0 aromatic heterocycles. The van der Waals surface area contributed by atoms with Crippen LogP contribution in [0.3, 0.4) is 0 Å². The quantitative estimate of drug-likeness (QED) is 0.745. The van der Waals surface area contributed by atoms with Crippen molar-refractivity contribution in [1.82, 2.24) is 0 Å². The molecule has 0 spiro atoms. The van der Waals surface area contributed by atoms with Crippen molar-refractivity contribution in [3.05, 3.63) is 71.4 Å². The van der Waals surface area contributed by atoms with Crippen LogP contribution in [0.2, 0.25) is 0 Å². The van der Waals surface area contributed by atoms with Gasteiger partial charge in [0.15, 0.2) is 5.78 Å². The van der Waals surface area contributed by atoms with Crippen molar-refractivity contribution in [3.63, 3.8) is 0 Å². The molecule has 0 N–H and O–H groups in total. The summed E-state index contributed by atoms with van der Waals surface area (Å²) in [4.78, 5) is 14.6. The molecular weight excluding hydrogens is 310 g/mol. The fourth-order valence-corrected chi connectivity index (χ4v) is 3.46. The number of para-hydroxylation sites is 1. The Morgan fingerprint density at radius 1 is 1.16 bits per heavy atom. The van der Waals surface area contributed by atoms with Crippen LogP contribution in [0.5, 0.6) is 5.75 Å². The topological polar surface area (TPSA) is 29.5 Å². The SMILES string of the molecule is Cc1cccc(OCCC(=O)/C=C2\N(C)c3ccccc3C2(C)C)c1. The second kappa shape index (κ2) is 6.75. The molecule has 1 heterocycles. The largest absolute Gasteiger partial charge is 0.493 e. The molecule has 0 aliphatic carbocycles. The zero-order valence-corrected chi connectivity index (χ0v) is 15.4. The van der Waals surface area contributed by atoms with Crippen molar-refractivity contribution in [1.29, 1.82) is 0 Å². The fraction of sp³-hybridized carbons (Fsp3) is 0.318.